The van der Waals surface area contributed by atoms with Crippen molar-refractivity contribution in [1.82, 2.24) is 0 Å². The van der Waals surface area contributed by atoms with Gasteiger partial charge in [-0.15, -0.1) is 0 Å². The van der Waals surface area contributed by atoms with Crippen LogP contribution in [0, 0.1) is 6.92 Å². The van der Waals surface area contributed by atoms with Crippen molar-refractivity contribution >= 4 is 22.0 Å². The molecule has 0 aromatic heterocycles. The molecule has 1 aliphatic heterocycles. The minimum atomic E-state index is 0.878. The van der Waals surface area contributed by atoms with Gasteiger partial charge in [0.25, 0.3) is 0 Å². The SMILES string of the molecule is C=C1CNc2c1cc(C)c1ccccc21. The van der Waals surface area contributed by atoms with Crippen LogP contribution in [0.5, 0.6) is 0 Å². The van der Waals surface area contributed by atoms with Crippen molar-refractivity contribution in [2.45, 2.75) is 6.92 Å². The van der Waals surface area contributed by atoms with Gasteiger partial charge in [0, 0.05) is 23.2 Å². The lowest BCUT2D eigenvalue weighted by molar-refractivity contribution is 1.46. The van der Waals surface area contributed by atoms with Crippen molar-refractivity contribution < 1.29 is 0 Å². The monoisotopic (exact) mass is 195 g/mol. The third-order valence-corrected chi connectivity index (χ3v) is 3.11. The molecule has 1 heteroatoms. The number of anilines is 1. The summed E-state index contributed by atoms with van der Waals surface area (Å²) in [5, 5.41) is 6.06. The van der Waals surface area contributed by atoms with Gasteiger partial charge in [0.1, 0.15) is 0 Å². The van der Waals surface area contributed by atoms with Crippen LogP contribution in [-0.4, -0.2) is 6.54 Å². The Morgan fingerprint density at radius 1 is 1.20 bits per heavy atom. The summed E-state index contributed by atoms with van der Waals surface area (Å²) < 4.78 is 0. The average Bonchev–Trinajstić information content (AvgIpc) is 2.62. The third-order valence-electron chi connectivity index (χ3n) is 3.11. The average molecular weight is 195 g/mol. The second-order valence-corrected chi connectivity index (χ2v) is 4.12. The Kier molecular flexibility index (Phi) is 1.63. The van der Waals surface area contributed by atoms with E-state index in [1.165, 1.54) is 33.2 Å². The van der Waals surface area contributed by atoms with Gasteiger partial charge in [-0.25, -0.2) is 0 Å². The zero-order valence-electron chi connectivity index (χ0n) is 8.80. The highest BCUT2D eigenvalue weighted by Crippen LogP contribution is 2.37. The molecule has 1 N–H and O–H groups in total. The molecule has 2 aromatic rings. The fraction of sp³-hybridized carbons (Fsp3) is 0.143. The zero-order valence-corrected chi connectivity index (χ0v) is 8.80. The number of benzene rings is 2. The quantitative estimate of drug-likeness (QED) is 0.677. The summed E-state index contributed by atoms with van der Waals surface area (Å²) >= 11 is 0. The first kappa shape index (κ1) is 8.54. The molecule has 1 aliphatic rings. The minimum Gasteiger partial charge on any atom is -0.380 e. The van der Waals surface area contributed by atoms with Crippen LogP contribution in [0.1, 0.15) is 11.1 Å². The van der Waals surface area contributed by atoms with Gasteiger partial charge in [-0.3, -0.25) is 0 Å². The van der Waals surface area contributed by atoms with Crippen molar-refractivity contribution in [2.24, 2.45) is 0 Å². The molecule has 0 radical (unpaired) electrons. The summed E-state index contributed by atoms with van der Waals surface area (Å²) in [5.41, 5.74) is 5.06. The first-order chi connectivity index (χ1) is 7.27. The summed E-state index contributed by atoms with van der Waals surface area (Å²) in [7, 11) is 0. The van der Waals surface area contributed by atoms with Crippen molar-refractivity contribution in [3.05, 3.63) is 48.0 Å². The van der Waals surface area contributed by atoms with Gasteiger partial charge in [0.05, 0.1) is 0 Å². The molecule has 0 bridgehead atoms. The van der Waals surface area contributed by atoms with Crippen LogP contribution in [0.3, 0.4) is 0 Å². The van der Waals surface area contributed by atoms with E-state index < -0.39 is 0 Å². The Morgan fingerprint density at radius 2 is 1.93 bits per heavy atom. The second kappa shape index (κ2) is 2.86. The van der Waals surface area contributed by atoms with E-state index in [1.54, 1.807) is 0 Å². The molecule has 15 heavy (non-hydrogen) atoms. The number of nitrogens with one attached hydrogen (secondary N) is 1. The fourth-order valence-corrected chi connectivity index (χ4v) is 2.32. The van der Waals surface area contributed by atoms with Crippen molar-refractivity contribution in [2.75, 3.05) is 11.9 Å². The third kappa shape index (κ3) is 1.09. The second-order valence-electron chi connectivity index (χ2n) is 4.12. The molecular formula is C14H13N. The molecule has 0 unspecified atom stereocenters. The van der Waals surface area contributed by atoms with Gasteiger partial charge < -0.3 is 5.32 Å². The molecule has 1 nitrogen and oxygen atoms in total. The van der Waals surface area contributed by atoms with E-state index in [2.05, 4.69) is 49.2 Å². The standard InChI is InChI=1S/C14H13N/c1-9-7-13-10(2)8-15-14(13)12-6-4-3-5-11(9)12/h3-7,15H,2,8H2,1H3. The van der Waals surface area contributed by atoms with Crippen LogP contribution in [0.2, 0.25) is 0 Å². The Balaban J connectivity index is 2.48. The smallest absolute Gasteiger partial charge is 0.0499 e. The summed E-state index contributed by atoms with van der Waals surface area (Å²) in [6, 6.07) is 10.8. The predicted octanol–water partition coefficient (Wildman–Crippen LogP) is 3.59. The molecule has 0 aliphatic carbocycles. The van der Waals surface area contributed by atoms with Gasteiger partial charge in [-0.1, -0.05) is 30.8 Å². The summed E-state index contributed by atoms with van der Waals surface area (Å²) in [5.74, 6) is 0. The molecule has 0 saturated heterocycles. The lowest BCUT2D eigenvalue weighted by atomic mass is 9.98. The minimum absolute atomic E-state index is 0.878. The topological polar surface area (TPSA) is 12.0 Å². The lowest BCUT2D eigenvalue weighted by Gasteiger charge is -2.08. The number of fused-ring (bicyclic) bond motifs is 3. The number of aryl methyl sites for hydroxylation is 1. The zero-order chi connectivity index (χ0) is 10.4. The molecule has 1 heterocycles. The van der Waals surface area contributed by atoms with Crippen molar-refractivity contribution in [3.8, 4) is 0 Å². The normalized spacial score (nSPS) is 14.1. The molecule has 0 atom stereocenters. The molecule has 0 saturated carbocycles. The number of hydrogen-bond acceptors (Lipinski definition) is 1. The van der Waals surface area contributed by atoms with E-state index in [0.29, 0.717) is 0 Å². The van der Waals surface area contributed by atoms with Crippen molar-refractivity contribution in [3.63, 3.8) is 0 Å². The first-order valence-corrected chi connectivity index (χ1v) is 5.22. The van der Waals surface area contributed by atoms with Crippen LogP contribution < -0.4 is 5.32 Å². The first-order valence-electron chi connectivity index (χ1n) is 5.22. The molecule has 3 rings (SSSR count). The molecule has 0 spiro atoms. The highest BCUT2D eigenvalue weighted by atomic mass is 14.9. The van der Waals surface area contributed by atoms with E-state index in [9.17, 15) is 0 Å². The summed E-state index contributed by atoms with van der Waals surface area (Å²) in [6.45, 7) is 7.12. The van der Waals surface area contributed by atoms with Gasteiger partial charge in [0.15, 0.2) is 0 Å². The molecule has 74 valence electrons. The maximum atomic E-state index is 4.08. The maximum Gasteiger partial charge on any atom is 0.0499 e. The Labute approximate surface area is 89.4 Å². The molecule has 0 amide bonds. The van der Waals surface area contributed by atoms with Gasteiger partial charge in [0.2, 0.25) is 0 Å². The van der Waals surface area contributed by atoms with E-state index in [-0.39, 0.29) is 0 Å². The van der Waals surface area contributed by atoms with Crippen LogP contribution >= 0.6 is 0 Å². The predicted molar refractivity (Wildman–Crippen MR) is 66.2 cm³/mol. The van der Waals surface area contributed by atoms with Crippen LogP contribution in [0.15, 0.2) is 36.9 Å². The highest BCUT2D eigenvalue weighted by Gasteiger charge is 2.17. The molecule has 0 fully saturated rings. The van der Waals surface area contributed by atoms with E-state index in [1.807, 2.05) is 0 Å². The summed E-state index contributed by atoms with van der Waals surface area (Å²) in [6.07, 6.45) is 0. The number of rotatable bonds is 0. The molecule has 2 aromatic carbocycles. The van der Waals surface area contributed by atoms with Gasteiger partial charge >= 0.3 is 0 Å². The molecular weight excluding hydrogens is 182 g/mol. The Bertz CT molecular complexity index is 567. The van der Waals surface area contributed by atoms with Crippen molar-refractivity contribution in [1.29, 1.82) is 0 Å². The van der Waals surface area contributed by atoms with Crippen LogP contribution in [-0.2, 0) is 0 Å². The largest absolute Gasteiger partial charge is 0.380 e. The van der Waals surface area contributed by atoms with E-state index >= 15 is 0 Å². The van der Waals surface area contributed by atoms with E-state index in [0.717, 1.165) is 6.54 Å². The number of hydrogen-bond donors (Lipinski definition) is 1. The highest BCUT2D eigenvalue weighted by molar-refractivity contribution is 6.04. The lowest BCUT2D eigenvalue weighted by Crippen LogP contribution is -1.91. The summed E-state index contributed by atoms with van der Waals surface area (Å²) in [4.78, 5) is 0. The Hall–Kier alpha value is -1.76. The fourth-order valence-electron chi connectivity index (χ4n) is 2.32. The maximum absolute atomic E-state index is 4.08. The van der Waals surface area contributed by atoms with Crippen LogP contribution in [0.25, 0.3) is 16.3 Å². The van der Waals surface area contributed by atoms with Gasteiger partial charge in [-0.2, -0.15) is 0 Å². The Morgan fingerprint density at radius 3 is 2.73 bits per heavy atom. The van der Waals surface area contributed by atoms with Gasteiger partial charge in [-0.05, 0) is 29.5 Å². The van der Waals surface area contributed by atoms with Crippen LogP contribution in [0.4, 0.5) is 5.69 Å². The van der Waals surface area contributed by atoms with E-state index in [4.69, 9.17) is 0 Å².